The lowest BCUT2D eigenvalue weighted by Gasteiger charge is -2.32. The summed E-state index contributed by atoms with van der Waals surface area (Å²) in [7, 11) is 0. The van der Waals surface area contributed by atoms with Gasteiger partial charge < -0.3 is 14.6 Å². The fourth-order valence-electron chi connectivity index (χ4n) is 4.75. The van der Waals surface area contributed by atoms with Gasteiger partial charge in [-0.2, -0.15) is 0 Å². The van der Waals surface area contributed by atoms with Crippen molar-refractivity contribution < 1.29 is 9.21 Å². The van der Waals surface area contributed by atoms with Crippen molar-refractivity contribution in [3.63, 3.8) is 0 Å². The molecule has 2 aliphatic rings. The van der Waals surface area contributed by atoms with Crippen LogP contribution in [-0.2, 0) is 12.8 Å². The van der Waals surface area contributed by atoms with Crippen LogP contribution in [-0.4, -0.2) is 39.9 Å². The maximum absolute atomic E-state index is 12.6. The van der Waals surface area contributed by atoms with Crippen molar-refractivity contribution in [1.29, 1.82) is 0 Å². The SMILES string of the molecule is O=C(c1ccco1)N1CCC(Nc2nc(-c3cccs3)nc3sc4c(c23)CCCC4)CC1. The first kappa shape index (κ1) is 19.9. The number of anilines is 1. The van der Waals surface area contributed by atoms with Gasteiger partial charge in [-0.15, -0.1) is 22.7 Å². The first-order chi connectivity index (χ1) is 15.8. The van der Waals surface area contributed by atoms with Gasteiger partial charge in [0.1, 0.15) is 10.6 Å². The Kier molecular flexibility index (Phi) is 5.19. The molecule has 6 nitrogen and oxygen atoms in total. The number of hydrogen-bond donors (Lipinski definition) is 1. The highest BCUT2D eigenvalue weighted by molar-refractivity contribution is 7.19. The van der Waals surface area contributed by atoms with E-state index in [2.05, 4.69) is 16.8 Å². The molecule has 4 aromatic rings. The van der Waals surface area contributed by atoms with Gasteiger partial charge in [-0.3, -0.25) is 4.79 Å². The highest BCUT2D eigenvalue weighted by atomic mass is 32.1. The molecular weight excluding hydrogens is 440 g/mol. The molecule has 0 aromatic carbocycles. The molecule has 1 saturated heterocycles. The minimum Gasteiger partial charge on any atom is -0.459 e. The van der Waals surface area contributed by atoms with E-state index in [-0.39, 0.29) is 11.9 Å². The summed E-state index contributed by atoms with van der Waals surface area (Å²) in [6, 6.07) is 7.91. The molecule has 1 aliphatic heterocycles. The molecule has 5 heterocycles. The second kappa shape index (κ2) is 8.33. The molecule has 4 aromatic heterocycles. The van der Waals surface area contributed by atoms with Gasteiger partial charge in [-0.1, -0.05) is 6.07 Å². The molecule has 0 unspecified atom stereocenters. The van der Waals surface area contributed by atoms with Crippen LogP contribution in [0.1, 0.15) is 46.7 Å². The lowest BCUT2D eigenvalue weighted by Crippen LogP contribution is -2.42. The van der Waals surface area contributed by atoms with Gasteiger partial charge >= 0.3 is 0 Å². The molecule has 8 heteroatoms. The lowest BCUT2D eigenvalue weighted by atomic mass is 9.96. The zero-order valence-corrected chi connectivity index (χ0v) is 19.3. The summed E-state index contributed by atoms with van der Waals surface area (Å²) in [6.45, 7) is 1.43. The van der Waals surface area contributed by atoms with Gasteiger partial charge in [0.15, 0.2) is 11.6 Å². The molecule has 32 heavy (non-hydrogen) atoms. The van der Waals surface area contributed by atoms with Crippen LogP contribution < -0.4 is 5.32 Å². The van der Waals surface area contributed by atoms with Crippen molar-refractivity contribution in [2.75, 3.05) is 18.4 Å². The highest BCUT2D eigenvalue weighted by Crippen LogP contribution is 2.40. The minimum atomic E-state index is -0.0234. The number of aryl methyl sites for hydroxylation is 2. The van der Waals surface area contributed by atoms with Gasteiger partial charge in [0.25, 0.3) is 5.91 Å². The zero-order valence-electron chi connectivity index (χ0n) is 17.7. The van der Waals surface area contributed by atoms with E-state index in [4.69, 9.17) is 14.4 Å². The topological polar surface area (TPSA) is 71.3 Å². The lowest BCUT2D eigenvalue weighted by molar-refractivity contribution is 0.0686. The Bertz CT molecular complexity index is 1240. The van der Waals surface area contributed by atoms with Crippen LogP contribution in [0.4, 0.5) is 5.82 Å². The maximum atomic E-state index is 12.6. The number of carbonyl (C=O) groups excluding carboxylic acids is 1. The summed E-state index contributed by atoms with van der Waals surface area (Å²) >= 11 is 3.52. The summed E-state index contributed by atoms with van der Waals surface area (Å²) in [5.41, 5.74) is 1.45. The number of fused-ring (bicyclic) bond motifs is 3. The van der Waals surface area contributed by atoms with Crippen LogP contribution in [0.3, 0.4) is 0 Å². The van der Waals surface area contributed by atoms with Gasteiger partial charge in [-0.25, -0.2) is 9.97 Å². The number of thiophene rings is 2. The molecule has 0 radical (unpaired) electrons. The molecule has 1 aliphatic carbocycles. The van der Waals surface area contributed by atoms with E-state index in [1.165, 1.54) is 28.7 Å². The number of nitrogens with zero attached hydrogens (tertiary/aromatic N) is 3. The number of carbonyl (C=O) groups is 1. The Morgan fingerprint density at radius 1 is 1.12 bits per heavy atom. The van der Waals surface area contributed by atoms with E-state index in [1.807, 2.05) is 22.3 Å². The van der Waals surface area contributed by atoms with Crippen molar-refractivity contribution in [3.05, 3.63) is 52.1 Å². The van der Waals surface area contributed by atoms with Crippen LogP contribution in [0.5, 0.6) is 0 Å². The minimum absolute atomic E-state index is 0.0234. The predicted octanol–water partition coefficient (Wildman–Crippen LogP) is 5.61. The molecule has 0 atom stereocenters. The van der Waals surface area contributed by atoms with Gasteiger partial charge in [-0.05, 0) is 67.7 Å². The molecule has 6 rings (SSSR count). The summed E-state index contributed by atoms with van der Waals surface area (Å²) < 4.78 is 5.29. The van der Waals surface area contributed by atoms with Crippen LogP contribution in [0, 0.1) is 0 Å². The quantitative estimate of drug-likeness (QED) is 0.425. The Morgan fingerprint density at radius 2 is 2.00 bits per heavy atom. The Hall–Kier alpha value is -2.71. The standard InChI is InChI=1S/C24H24N4O2S2/c29-24(17-6-3-13-30-17)28-11-9-15(10-12-28)25-22-20-16-5-1-2-7-18(16)32-23(20)27-21(26-22)19-8-4-14-31-19/h3-4,6,8,13-15H,1-2,5,7,9-12H2,(H,25,26,27). The van der Waals surface area contributed by atoms with Crippen molar-refractivity contribution in [3.8, 4) is 10.7 Å². The van der Waals surface area contributed by atoms with Crippen LogP contribution in [0.2, 0.25) is 0 Å². The summed E-state index contributed by atoms with van der Waals surface area (Å²) in [4.78, 5) is 28.1. The van der Waals surface area contributed by atoms with E-state index in [0.717, 1.165) is 47.0 Å². The molecule has 1 N–H and O–H groups in total. The largest absolute Gasteiger partial charge is 0.459 e. The smallest absolute Gasteiger partial charge is 0.289 e. The van der Waals surface area contributed by atoms with Gasteiger partial charge in [0, 0.05) is 24.0 Å². The number of nitrogens with one attached hydrogen (secondary N) is 1. The summed E-state index contributed by atoms with van der Waals surface area (Å²) in [5.74, 6) is 2.16. The number of amides is 1. The van der Waals surface area contributed by atoms with Crippen LogP contribution in [0.15, 0.2) is 40.3 Å². The first-order valence-corrected chi connectivity index (χ1v) is 12.9. The number of aromatic nitrogens is 2. The van der Waals surface area contributed by atoms with Gasteiger partial charge in [0.2, 0.25) is 0 Å². The van der Waals surface area contributed by atoms with Crippen LogP contribution >= 0.6 is 22.7 Å². The summed E-state index contributed by atoms with van der Waals surface area (Å²) in [5, 5.41) is 7.05. The molecule has 1 amide bonds. The number of hydrogen-bond acceptors (Lipinski definition) is 7. The zero-order chi connectivity index (χ0) is 21.5. The number of furan rings is 1. The van der Waals surface area contributed by atoms with E-state index in [0.29, 0.717) is 18.8 Å². The average molecular weight is 465 g/mol. The van der Waals surface area contributed by atoms with Crippen molar-refractivity contribution in [2.45, 2.75) is 44.6 Å². The summed E-state index contributed by atoms with van der Waals surface area (Å²) in [6.07, 6.45) is 8.08. The van der Waals surface area contributed by atoms with E-state index < -0.39 is 0 Å². The second-order valence-corrected chi connectivity index (χ2v) is 10.5. The van der Waals surface area contributed by atoms with E-state index in [9.17, 15) is 4.79 Å². The third kappa shape index (κ3) is 3.61. The molecule has 1 fully saturated rings. The third-order valence-electron chi connectivity index (χ3n) is 6.41. The Balaban J connectivity index is 1.28. The van der Waals surface area contributed by atoms with Crippen molar-refractivity contribution >= 4 is 44.6 Å². The molecular formula is C24H24N4O2S2. The second-order valence-electron chi connectivity index (χ2n) is 8.45. The Labute approximate surface area is 194 Å². The van der Waals surface area contributed by atoms with Crippen molar-refractivity contribution in [1.82, 2.24) is 14.9 Å². The predicted molar refractivity (Wildman–Crippen MR) is 129 cm³/mol. The molecule has 0 bridgehead atoms. The average Bonchev–Trinajstić information content (AvgIpc) is 3.60. The van der Waals surface area contributed by atoms with E-state index in [1.54, 1.807) is 29.7 Å². The first-order valence-electron chi connectivity index (χ1n) is 11.2. The number of likely N-dealkylation sites (tertiary alicyclic amines) is 1. The fraction of sp³-hybridized carbons (Fsp3) is 0.375. The molecule has 0 saturated carbocycles. The fourth-order valence-corrected chi connectivity index (χ4v) is 6.67. The Morgan fingerprint density at radius 3 is 2.78 bits per heavy atom. The normalized spacial score (nSPS) is 16.9. The van der Waals surface area contributed by atoms with E-state index >= 15 is 0 Å². The third-order valence-corrected chi connectivity index (χ3v) is 8.46. The monoisotopic (exact) mass is 464 g/mol. The number of rotatable bonds is 4. The molecule has 0 spiro atoms. The number of piperidine rings is 1. The molecule has 164 valence electrons. The van der Waals surface area contributed by atoms with Crippen molar-refractivity contribution in [2.24, 2.45) is 0 Å². The van der Waals surface area contributed by atoms with Crippen LogP contribution in [0.25, 0.3) is 20.9 Å². The van der Waals surface area contributed by atoms with Gasteiger partial charge in [0.05, 0.1) is 16.5 Å². The maximum Gasteiger partial charge on any atom is 0.289 e. The highest BCUT2D eigenvalue weighted by Gasteiger charge is 2.27.